The van der Waals surface area contributed by atoms with E-state index in [2.05, 4.69) is 26.3 Å². The van der Waals surface area contributed by atoms with E-state index in [9.17, 15) is 0 Å². The van der Waals surface area contributed by atoms with Gasteiger partial charge in [-0.2, -0.15) is 0 Å². The lowest BCUT2D eigenvalue weighted by molar-refractivity contribution is 0.729. The summed E-state index contributed by atoms with van der Waals surface area (Å²) in [5.74, 6) is 0.981. The Morgan fingerprint density at radius 2 is 2.33 bits per heavy atom. The minimum Gasteiger partial charge on any atom is -0.351 e. The molecule has 1 aliphatic heterocycles. The van der Waals surface area contributed by atoms with Gasteiger partial charge < -0.3 is 4.90 Å². The Kier molecular flexibility index (Phi) is 2.14. The van der Waals surface area contributed by atoms with Crippen LogP contribution >= 0.6 is 11.3 Å². The highest BCUT2D eigenvalue weighted by Gasteiger charge is 2.17. The lowest BCUT2D eigenvalue weighted by Crippen LogP contribution is -2.30. The van der Waals surface area contributed by atoms with Gasteiger partial charge >= 0.3 is 0 Å². The van der Waals surface area contributed by atoms with Crippen molar-refractivity contribution in [2.24, 2.45) is 0 Å². The molecule has 2 aromatic heterocycles. The second kappa shape index (κ2) is 3.62. The second-order valence-electron chi connectivity index (χ2n) is 3.60. The Morgan fingerprint density at radius 3 is 3.20 bits per heavy atom. The third-order valence-electron chi connectivity index (χ3n) is 2.68. The van der Waals surface area contributed by atoms with Gasteiger partial charge in [0.25, 0.3) is 0 Å². The average Bonchev–Trinajstić information content (AvgIpc) is 2.77. The van der Waals surface area contributed by atoms with Gasteiger partial charge in [0.2, 0.25) is 0 Å². The SMILES string of the molecule is c1cnc(N2CCc3sccc3C2)cn1. The highest BCUT2D eigenvalue weighted by Crippen LogP contribution is 2.26. The average molecular weight is 217 g/mol. The smallest absolute Gasteiger partial charge is 0.147 e. The first-order valence-electron chi connectivity index (χ1n) is 5.00. The summed E-state index contributed by atoms with van der Waals surface area (Å²) in [6, 6.07) is 2.21. The number of aromatic nitrogens is 2. The molecule has 0 aliphatic carbocycles. The van der Waals surface area contributed by atoms with Crippen molar-refractivity contribution in [2.75, 3.05) is 11.4 Å². The van der Waals surface area contributed by atoms with Gasteiger partial charge in [-0.1, -0.05) is 0 Å². The maximum absolute atomic E-state index is 4.33. The summed E-state index contributed by atoms with van der Waals surface area (Å²) in [7, 11) is 0. The van der Waals surface area contributed by atoms with Crippen molar-refractivity contribution >= 4 is 17.2 Å². The molecule has 3 heterocycles. The maximum Gasteiger partial charge on any atom is 0.147 e. The summed E-state index contributed by atoms with van der Waals surface area (Å²) in [5, 5.41) is 2.17. The van der Waals surface area contributed by atoms with Gasteiger partial charge in [0, 0.05) is 30.4 Å². The highest BCUT2D eigenvalue weighted by molar-refractivity contribution is 7.10. The van der Waals surface area contributed by atoms with Crippen LogP contribution in [0.5, 0.6) is 0 Å². The van der Waals surface area contributed by atoms with Gasteiger partial charge in [0.1, 0.15) is 5.82 Å². The molecule has 3 nitrogen and oxygen atoms in total. The Labute approximate surface area is 92.4 Å². The van der Waals surface area contributed by atoms with E-state index in [1.165, 1.54) is 10.4 Å². The Balaban J connectivity index is 1.88. The van der Waals surface area contributed by atoms with Gasteiger partial charge in [-0.05, 0) is 23.4 Å². The van der Waals surface area contributed by atoms with Crippen LogP contribution in [0.4, 0.5) is 5.82 Å². The van der Waals surface area contributed by atoms with E-state index in [1.807, 2.05) is 17.5 Å². The van der Waals surface area contributed by atoms with Gasteiger partial charge in [-0.25, -0.2) is 4.98 Å². The molecule has 0 saturated carbocycles. The molecule has 15 heavy (non-hydrogen) atoms. The van der Waals surface area contributed by atoms with Crippen LogP contribution in [-0.2, 0) is 13.0 Å². The molecule has 0 fully saturated rings. The van der Waals surface area contributed by atoms with Crippen LogP contribution in [0.2, 0.25) is 0 Å². The minimum absolute atomic E-state index is 0.970. The molecule has 0 spiro atoms. The number of thiophene rings is 1. The summed E-state index contributed by atoms with van der Waals surface area (Å²) < 4.78 is 0. The van der Waals surface area contributed by atoms with E-state index in [4.69, 9.17) is 0 Å². The number of nitrogens with zero attached hydrogens (tertiary/aromatic N) is 3. The summed E-state index contributed by atoms with van der Waals surface area (Å²) in [4.78, 5) is 12.2. The predicted molar refractivity (Wildman–Crippen MR) is 61.1 cm³/mol. The summed E-state index contributed by atoms with van der Waals surface area (Å²) in [6.45, 7) is 2.02. The molecular weight excluding hydrogens is 206 g/mol. The molecule has 0 atom stereocenters. The zero-order valence-corrected chi connectivity index (χ0v) is 9.07. The quantitative estimate of drug-likeness (QED) is 0.732. The van der Waals surface area contributed by atoms with Crippen molar-refractivity contribution in [2.45, 2.75) is 13.0 Å². The van der Waals surface area contributed by atoms with Crippen molar-refractivity contribution in [3.05, 3.63) is 40.5 Å². The van der Waals surface area contributed by atoms with Crippen LogP contribution in [0.15, 0.2) is 30.0 Å². The first-order chi connectivity index (χ1) is 7.43. The summed E-state index contributed by atoms with van der Waals surface area (Å²) in [6.07, 6.45) is 6.42. The van der Waals surface area contributed by atoms with Crippen molar-refractivity contribution in [3.8, 4) is 0 Å². The first kappa shape index (κ1) is 8.85. The Morgan fingerprint density at radius 1 is 1.33 bits per heavy atom. The number of hydrogen-bond acceptors (Lipinski definition) is 4. The predicted octanol–water partition coefficient (Wildman–Crippen LogP) is 2.10. The molecule has 0 unspecified atom stereocenters. The zero-order valence-electron chi connectivity index (χ0n) is 8.26. The van der Waals surface area contributed by atoms with E-state index in [-0.39, 0.29) is 0 Å². The summed E-state index contributed by atoms with van der Waals surface area (Å²) >= 11 is 1.86. The third-order valence-corrected chi connectivity index (χ3v) is 3.70. The molecule has 1 aliphatic rings. The molecule has 4 heteroatoms. The van der Waals surface area contributed by atoms with Crippen LogP contribution in [-0.4, -0.2) is 16.5 Å². The molecule has 0 amide bonds. The van der Waals surface area contributed by atoms with Crippen molar-refractivity contribution < 1.29 is 0 Å². The monoisotopic (exact) mass is 217 g/mol. The van der Waals surface area contributed by atoms with Crippen molar-refractivity contribution in [1.29, 1.82) is 0 Å². The van der Waals surface area contributed by atoms with E-state index >= 15 is 0 Å². The molecule has 0 N–H and O–H groups in total. The topological polar surface area (TPSA) is 29.0 Å². The molecule has 0 radical (unpaired) electrons. The molecule has 76 valence electrons. The Bertz CT molecular complexity index is 452. The Hall–Kier alpha value is -1.42. The fraction of sp³-hybridized carbons (Fsp3) is 0.273. The number of rotatable bonds is 1. The first-order valence-corrected chi connectivity index (χ1v) is 5.87. The molecule has 3 rings (SSSR count). The fourth-order valence-electron chi connectivity index (χ4n) is 1.90. The number of anilines is 1. The minimum atomic E-state index is 0.970. The van der Waals surface area contributed by atoms with Gasteiger partial charge in [-0.15, -0.1) is 11.3 Å². The molecule has 0 aromatic carbocycles. The third kappa shape index (κ3) is 1.61. The standard InChI is InChI=1S/C11H11N3S/c1-5-14(11-7-12-3-4-13-11)8-9-2-6-15-10(1)9/h2-4,6-7H,1,5,8H2. The normalized spacial score (nSPS) is 15.1. The fourth-order valence-corrected chi connectivity index (χ4v) is 2.79. The van der Waals surface area contributed by atoms with Gasteiger partial charge in [-0.3, -0.25) is 4.98 Å². The maximum atomic E-state index is 4.33. The van der Waals surface area contributed by atoms with Gasteiger partial charge in [0.15, 0.2) is 0 Å². The van der Waals surface area contributed by atoms with E-state index in [0.717, 1.165) is 25.3 Å². The van der Waals surface area contributed by atoms with Crippen molar-refractivity contribution in [1.82, 2.24) is 9.97 Å². The van der Waals surface area contributed by atoms with Gasteiger partial charge in [0.05, 0.1) is 6.20 Å². The zero-order chi connectivity index (χ0) is 10.1. The lowest BCUT2D eigenvalue weighted by Gasteiger charge is -2.27. The van der Waals surface area contributed by atoms with Crippen LogP contribution in [0.1, 0.15) is 10.4 Å². The van der Waals surface area contributed by atoms with E-state index in [1.54, 1.807) is 12.4 Å². The molecular formula is C11H11N3S. The second-order valence-corrected chi connectivity index (χ2v) is 4.60. The number of fused-ring (bicyclic) bond motifs is 1. The largest absolute Gasteiger partial charge is 0.351 e. The highest BCUT2D eigenvalue weighted by atomic mass is 32.1. The van der Waals surface area contributed by atoms with Crippen LogP contribution in [0, 0.1) is 0 Å². The summed E-state index contributed by atoms with van der Waals surface area (Å²) in [5.41, 5.74) is 1.44. The van der Waals surface area contributed by atoms with Crippen LogP contribution in [0.3, 0.4) is 0 Å². The lowest BCUT2D eigenvalue weighted by atomic mass is 10.1. The molecule has 0 saturated heterocycles. The van der Waals surface area contributed by atoms with Crippen LogP contribution in [0.25, 0.3) is 0 Å². The number of hydrogen-bond donors (Lipinski definition) is 0. The molecule has 2 aromatic rings. The van der Waals surface area contributed by atoms with Crippen molar-refractivity contribution in [3.63, 3.8) is 0 Å². The van der Waals surface area contributed by atoms with E-state index in [0.29, 0.717) is 0 Å². The van der Waals surface area contributed by atoms with E-state index < -0.39 is 0 Å². The van der Waals surface area contributed by atoms with Crippen LogP contribution < -0.4 is 4.90 Å². The molecule has 0 bridgehead atoms.